The lowest BCUT2D eigenvalue weighted by atomic mass is 10.1. The predicted octanol–water partition coefficient (Wildman–Crippen LogP) is 5.84. The maximum Gasteiger partial charge on any atom is 0.342 e. The Morgan fingerprint density at radius 3 is 1.92 bits per heavy atom. The van der Waals surface area contributed by atoms with Gasteiger partial charge in [-0.25, -0.2) is 14.8 Å². The van der Waals surface area contributed by atoms with Crippen LogP contribution in [0.4, 0.5) is 0 Å². The van der Waals surface area contributed by atoms with Crippen LogP contribution in [-0.2, 0) is 40.4 Å². The standard InChI is InChI=1S/C37H49N7O4/c1-3-20-42(21-4-2)22-7-8-23-43(24-15-35(45)47-37-32-10-6-5-9-31(32)36(46)48-37)25-29-11-13-30(14-12-29)26-44(27-33-38-16-17-39-33)28-34-40-18-19-41-34/h5-6,9-14,16-19,37H,3-4,7-8,15,20-28H2,1-2H3,(H,38,39)(H,40,41). The molecule has 4 aromatic rings. The SMILES string of the molecule is CCCN(CCC)CCCCN(CCC(=O)OC1OC(=O)c2ccccc21)Cc1ccc(CN(Cc2ncc[nH]2)Cc2ncc[nH]2)cc1. The zero-order valence-corrected chi connectivity index (χ0v) is 28.3. The normalized spacial score (nSPS) is 14.2. The Morgan fingerprint density at radius 1 is 0.750 bits per heavy atom. The summed E-state index contributed by atoms with van der Waals surface area (Å²) in [6.45, 7) is 12.1. The number of rotatable bonds is 21. The van der Waals surface area contributed by atoms with E-state index in [1.807, 2.05) is 18.5 Å². The van der Waals surface area contributed by atoms with Crippen LogP contribution in [0.15, 0.2) is 73.3 Å². The molecule has 1 aliphatic heterocycles. The number of hydrogen-bond acceptors (Lipinski definition) is 9. The van der Waals surface area contributed by atoms with Gasteiger partial charge in [0, 0.05) is 50.0 Å². The van der Waals surface area contributed by atoms with Crippen molar-refractivity contribution in [2.75, 3.05) is 32.7 Å². The Hall–Kier alpha value is -4.32. The lowest BCUT2D eigenvalue weighted by Crippen LogP contribution is -2.30. The Kier molecular flexibility index (Phi) is 13.3. The summed E-state index contributed by atoms with van der Waals surface area (Å²) in [7, 11) is 0. The van der Waals surface area contributed by atoms with Gasteiger partial charge in [0.15, 0.2) is 0 Å². The molecule has 0 aliphatic carbocycles. The highest BCUT2D eigenvalue weighted by atomic mass is 16.7. The third-order valence-electron chi connectivity index (χ3n) is 8.49. The number of carbonyl (C=O) groups excluding carboxylic acids is 2. The molecular weight excluding hydrogens is 606 g/mol. The average Bonchev–Trinajstić information content (AvgIpc) is 3.86. The molecule has 0 saturated heterocycles. The van der Waals surface area contributed by atoms with Crippen LogP contribution in [-0.4, -0.2) is 79.3 Å². The molecule has 11 heteroatoms. The molecule has 1 unspecified atom stereocenters. The molecule has 11 nitrogen and oxygen atoms in total. The number of cyclic esters (lactones) is 1. The summed E-state index contributed by atoms with van der Waals surface area (Å²) in [5, 5.41) is 0. The molecule has 0 saturated carbocycles. The van der Waals surface area contributed by atoms with Gasteiger partial charge >= 0.3 is 11.9 Å². The van der Waals surface area contributed by atoms with E-state index in [-0.39, 0.29) is 12.4 Å². The van der Waals surface area contributed by atoms with E-state index in [0.717, 1.165) is 76.6 Å². The number of hydrogen-bond donors (Lipinski definition) is 2. The van der Waals surface area contributed by atoms with Crippen molar-refractivity contribution < 1.29 is 19.1 Å². The third kappa shape index (κ3) is 10.6. The molecule has 5 rings (SSSR count). The zero-order chi connectivity index (χ0) is 33.6. The van der Waals surface area contributed by atoms with Crippen molar-refractivity contribution in [3.05, 3.63) is 107 Å². The summed E-state index contributed by atoms with van der Waals surface area (Å²) >= 11 is 0. The highest BCUT2D eigenvalue weighted by Crippen LogP contribution is 2.31. The second kappa shape index (κ2) is 18.3. The first-order valence-electron chi connectivity index (χ1n) is 17.2. The Morgan fingerprint density at radius 2 is 1.33 bits per heavy atom. The molecule has 0 radical (unpaired) electrons. The average molecular weight is 656 g/mol. The van der Waals surface area contributed by atoms with Crippen LogP contribution >= 0.6 is 0 Å². The first-order chi connectivity index (χ1) is 23.5. The van der Waals surface area contributed by atoms with E-state index in [1.54, 1.807) is 30.6 Å². The quantitative estimate of drug-likeness (QED) is 0.0843. The molecular formula is C37H49N7O4. The van der Waals surface area contributed by atoms with Gasteiger partial charge < -0.3 is 24.3 Å². The van der Waals surface area contributed by atoms with E-state index in [2.05, 4.69) is 72.7 Å². The number of benzene rings is 2. The van der Waals surface area contributed by atoms with Gasteiger partial charge in [0.25, 0.3) is 6.29 Å². The number of aromatic amines is 2. The molecule has 256 valence electrons. The number of aromatic nitrogens is 4. The number of carbonyl (C=O) groups is 2. The second-order valence-corrected chi connectivity index (χ2v) is 12.4. The van der Waals surface area contributed by atoms with E-state index in [1.165, 1.54) is 11.1 Å². The summed E-state index contributed by atoms with van der Waals surface area (Å²) in [5.41, 5.74) is 3.44. The molecule has 2 aromatic carbocycles. The Bertz CT molecular complexity index is 1480. The molecule has 2 N–H and O–H groups in total. The van der Waals surface area contributed by atoms with Gasteiger partial charge in [-0.1, -0.05) is 56.3 Å². The van der Waals surface area contributed by atoms with Crippen LogP contribution in [0, 0.1) is 0 Å². The van der Waals surface area contributed by atoms with Gasteiger partial charge in [-0.3, -0.25) is 14.6 Å². The summed E-state index contributed by atoms with van der Waals surface area (Å²) in [4.78, 5) is 47.5. The summed E-state index contributed by atoms with van der Waals surface area (Å²) < 4.78 is 10.9. The fraction of sp³-hybridized carbons (Fsp3) is 0.459. The lowest BCUT2D eigenvalue weighted by molar-refractivity contribution is -0.168. The monoisotopic (exact) mass is 655 g/mol. The van der Waals surface area contributed by atoms with Crippen LogP contribution in [0.2, 0.25) is 0 Å². The number of nitrogens with one attached hydrogen (secondary N) is 2. The maximum absolute atomic E-state index is 12.9. The van der Waals surface area contributed by atoms with Gasteiger partial charge in [-0.15, -0.1) is 0 Å². The van der Waals surface area contributed by atoms with E-state index in [4.69, 9.17) is 9.47 Å². The summed E-state index contributed by atoms with van der Waals surface area (Å²) in [5.74, 6) is 0.985. The molecule has 0 spiro atoms. The van der Waals surface area contributed by atoms with Crippen molar-refractivity contribution in [3.63, 3.8) is 0 Å². The van der Waals surface area contributed by atoms with Crippen molar-refractivity contribution in [1.29, 1.82) is 0 Å². The molecule has 2 aromatic heterocycles. The third-order valence-corrected chi connectivity index (χ3v) is 8.49. The number of unbranched alkanes of at least 4 members (excludes halogenated alkanes) is 1. The van der Waals surface area contributed by atoms with Crippen molar-refractivity contribution >= 4 is 11.9 Å². The number of esters is 2. The number of imidazole rings is 2. The maximum atomic E-state index is 12.9. The molecule has 0 bridgehead atoms. The van der Waals surface area contributed by atoms with E-state index in [9.17, 15) is 9.59 Å². The van der Waals surface area contributed by atoms with Crippen molar-refractivity contribution in [2.45, 2.75) is 78.4 Å². The highest BCUT2D eigenvalue weighted by molar-refractivity contribution is 5.94. The fourth-order valence-corrected chi connectivity index (χ4v) is 6.16. The van der Waals surface area contributed by atoms with E-state index < -0.39 is 12.3 Å². The highest BCUT2D eigenvalue weighted by Gasteiger charge is 2.33. The minimum Gasteiger partial charge on any atom is -0.420 e. The topological polar surface area (TPSA) is 120 Å². The van der Waals surface area contributed by atoms with Gasteiger partial charge in [0.2, 0.25) is 0 Å². The smallest absolute Gasteiger partial charge is 0.342 e. The number of H-pyrrole nitrogens is 2. The van der Waals surface area contributed by atoms with Crippen LogP contribution in [0.25, 0.3) is 0 Å². The van der Waals surface area contributed by atoms with Crippen LogP contribution in [0.1, 0.15) is 90.9 Å². The first-order valence-corrected chi connectivity index (χ1v) is 17.2. The fourth-order valence-electron chi connectivity index (χ4n) is 6.16. The van der Waals surface area contributed by atoms with Crippen molar-refractivity contribution in [1.82, 2.24) is 34.6 Å². The minimum atomic E-state index is -0.981. The Balaban J connectivity index is 1.18. The van der Waals surface area contributed by atoms with Gasteiger partial charge in [0.1, 0.15) is 11.6 Å². The number of ether oxygens (including phenoxy) is 2. The van der Waals surface area contributed by atoms with Gasteiger partial charge in [-0.2, -0.15) is 0 Å². The number of nitrogens with zero attached hydrogens (tertiary/aromatic N) is 5. The second-order valence-electron chi connectivity index (χ2n) is 12.4. The first kappa shape index (κ1) is 35.0. The minimum absolute atomic E-state index is 0.209. The predicted molar refractivity (Wildman–Crippen MR) is 183 cm³/mol. The van der Waals surface area contributed by atoms with Gasteiger partial charge in [-0.05, 0) is 69.1 Å². The number of fused-ring (bicyclic) bond motifs is 1. The van der Waals surface area contributed by atoms with Crippen molar-refractivity contribution in [2.24, 2.45) is 0 Å². The van der Waals surface area contributed by atoms with Crippen LogP contribution < -0.4 is 0 Å². The van der Waals surface area contributed by atoms with E-state index in [0.29, 0.717) is 30.8 Å². The molecule has 1 aliphatic rings. The molecule has 3 heterocycles. The molecule has 0 fully saturated rings. The van der Waals surface area contributed by atoms with E-state index >= 15 is 0 Å². The molecule has 0 amide bonds. The zero-order valence-electron chi connectivity index (χ0n) is 28.3. The van der Waals surface area contributed by atoms with Crippen molar-refractivity contribution in [3.8, 4) is 0 Å². The van der Waals surface area contributed by atoms with Gasteiger partial charge in [0.05, 0.1) is 25.1 Å². The van der Waals surface area contributed by atoms with Crippen LogP contribution in [0.3, 0.4) is 0 Å². The summed E-state index contributed by atoms with van der Waals surface area (Å²) in [6, 6.07) is 15.8. The largest absolute Gasteiger partial charge is 0.420 e. The Labute approximate surface area is 283 Å². The summed E-state index contributed by atoms with van der Waals surface area (Å²) in [6.07, 6.45) is 10.9. The molecule has 1 atom stereocenters. The lowest BCUT2D eigenvalue weighted by Gasteiger charge is -2.25. The van der Waals surface area contributed by atoms with Crippen LogP contribution in [0.5, 0.6) is 0 Å². The molecule has 48 heavy (non-hydrogen) atoms.